The van der Waals surface area contributed by atoms with E-state index in [-0.39, 0.29) is 39.2 Å². The number of aromatic nitrogens is 5. The van der Waals surface area contributed by atoms with Crippen LogP contribution in [0.1, 0.15) is 15.4 Å². The second kappa shape index (κ2) is 7.98. The van der Waals surface area contributed by atoms with Crippen LogP contribution < -0.4 is 10.9 Å². The monoisotopic (exact) mass is 501 g/mol. The molecule has 11 nitrogen and oxygen atoms in total. The highest BCUT2D eigenvalue weighted by molar-refractivity contribution is 7.15. The highest BCUT2D eigenvalue weighted by Gasteiger charge is 2.36. The Hall–Kier alpha value is -4.66. The molecule has 0 saturated heterocycles. The molecule has 0 spiro atoms. The lowest BCUT2D eigenvalue weighted by atomic mass is 10.1. The maximum atomic E-state index is 12.7. The molecular weight excluding hydrogens is 491 g/mol. The number of nitro groups is 1. The summed E-state index contributed by atoms with van der Waals surface area (Å²) >= 11 is 0.138. The van der Waals surface area contributed by atoms with Crippen LogP contribution in [0.25, 0.3) is 33.3 Å². The SMILES string of the molecule is O=C(Nc1nnc(C(F)(F)F)s1)c1ccc2[nH]c(-c3nc4ccccc4[nH]c3=O)c([N+](=O)[O-])c2c1. The molecule has 3 N–H and O–H groups in total. The lowest BCUT2D eigenvalue weighted by Gasteiger charge is -2.02. The fraction of sp³-hybridized carbons (Fsp3) is 0.0500. The lowest BCUT2D eigenvalue weighted by molar-refractivity contribution is -0.382. The normalized spacial score (nSPS) is 11.7. The maximum Gasteiger partial charge on any atom is 0.445 e. The van der Waals surface area contributed by atoms with Crippen LogP contribution in [0.15, 0.2) is 47.3 Å². The molecule has 0 radical (unpaired) electrons. The van der Waals surface area contributed by atoms with Gasteiger partial charge in [-0.3, -0.25) is 25.0 Å². The average Bonchev–Trinajstić information content (AvgIpc) is 3.42. The standard InChI is InChI=1S/C20H10F3N7O4S/c21-20(22,23)18-28-29-19(35-18)27-16(31)8-5-6-10-9(7-8)15(30(33)34)13(24-10)14-17(32)26-12-4-2-1-3-11(12)25-14/h1-7,24H,(H,26,32)(H,27,29,31). The first kappa shape index (κ1) is 22.1. The minimum atomic E-state index is -4.71. The second-order valence-electron chi connectivity index (χ2n) is 7.16. The van der Waals surface area contributed by atoms with E-state index in [1.54, 1.807) is 24.3 Å². The Morgan fingerprint density at radius 3 is 2.57 bits per heavy atom. The molecule has 5 rings (SSSR count). The van der Waals surface area contributed by atoms with Gasteiger partial charge in [0.2, 0.25) is 10.1 Å². The molecule has 0 aliphatic heterocycles. The largest absolute Gasteiger partial charge is 0.445 e. The summed E-state index contributed by atoms with van der Waals surface area (Å²) in [6.45, 7) is 0. The molecule has 3 heterocycles. The molecule has 1 amide bonds. The number of amides is 1. The summed E-state index contributed by atoms with van der Waals surface area (Å²) in [7, 11) is 0. The topological polar surface area (TPSA) is 160 Å². The molecule has 5 aromatic rings. The molecule has 0 aliphatic rings. The summed E-state index contributed by atoms with van der Waals surface area (Å²) in [5.41, 5.74) is -0.510. The number of anilines is 1. The van der Waals surface area contributed by atoms with Crippen molar-refractivity contribution in [2.75, 3.05) is 5.32 Å². The Balaban J connectivity index is 1.57. The number of rotatable bonds is 4. The van der Waals surface area contributed by atoms with Crippen LogP contribution in [0.3, 0.4) is 0 Å². The van der Waals surface area contributed by atoms with Crippen molar-refractivity contribution in [1.29, 1.82) is 0 Å². The van der Waals surface area contributed by atoms with Crippen molar-refractivity contribution >= 4 is 50.0 Å². The molecule has 0 bridgehead atoms. The third kappa shape index (κ3) is 3.97. The number of nitrogens with one attached hydrogen (secondary N) is 3. The number of aromatic amines is 2. The van der Waals surface area contributed by atoms with Crippen molar-refractivity contribution in [1.82, 2.24) is 25.1 Å². The van der Waals surface area contributed by atoms with Gasteiger partial charge in [0.05, 0.1) is 26.9 Å². The Kier molecular flexibility index (Phi) is 5.05. The van der Waals surface area contributed by atoms with Gasteiger partial charge in [0.25, 0.3) is 11.5 Å². The molecular formula is C20H10F3N7O4S. The fourth-order valence-electron chi connectivity index (χ4n) is 3.44. The van der Waals surface area contributed by atoms with E-state index in [9.17, 15) is 32.9 Å². The van der Waals surface area contributed by atoms with E-state index in [2.05, 4.69) is 30.5 Å². The van der Waals surface area contributed by atoms with Crippen molar-refractivity contribution in [3.63, 3.8) is 0 Å². The van der Waals surface area contributed by atoms with Gasteiger partial charge in [-0.05, 0) is 30.3 Å². The zero-order chi connectivity index (χ0) is 24.9. The van der Waals surface area contributed by atoms with E-state index < -0.39 is 38.4 Å². The summed E-state index contributed by atoms with van der Waals surface area (Å²) in [6.07, 6.45) is -4.71. The Bertz CT molecular complexity index is 1710. The van der Waals surface area contributed by atoms with Gasteiger partial charge in [0.1, 0.15) is 5.69 Å². The predicted molar refractivity (Wildman–Crippen MR) is 119 cm³/mol. The quantitative estimate of drug-likeness (QED) is 0.247. The molecule has 0 aliphatic carbocycles. The third-order valence-electron chi connectivity index (χ3n) is 4.94. The smallest absolute Gasteiger partial charge is 0.347 e. The number of fused-ring (bicyclic) bond motifs is 2. The second-order valence-corrected chi connectivity index (χ2v) is 8.14. The molecule has 3 aromatic heterocycles. The molecule has 35 heavy (non-hydrogen) atoms. The summed E-state index contributed by atoms with van der Waals surface area (Å²) in [5, 5.41) is 18.8. The van der Waals surface area contributed by atoms with Crippen LogP contribution in [-0.2, 0) is 6.18 Å². The minimum Gasteiger partial charge on any atom is -0.347 e. The maximum absolute atomic E-state index is 12.7. The number of hydrogen-bond acceptors (Lipinski definition) is 8. The van der Waals surface area contributed by atoms with Crippen molar-refractivity contribution in [3.05, 3.63) is 73.5 Å². The first-order valence-corrected chi connectivity index (χ1v) is 10.4. The number of alkyl halides is 3. The third-order valence-corrected chi connectivity index (χ3v) is 5.82. The van der Waals surface area contributed by atoms with E-state index in [1.807, 2.05) is 0 Å². The first-order valence-electron chi connectivity index (χ1n) is 9.63. The Morgan fingerprint density at radius 2 is 1.86 bits per heavy atom. The van der Waals surface area contributed by atoms with E-state index in [0.29, 0.717) is 11.0 Å². The summed E-state index contributed by atoms with van der Waals surface area (Å²) in [6, 6.07) is 10.5. The molecule has 2 aromatic carbocycles. The van der Waals surface area contributed by atoms with E-state index in [1.165, 1.54) is 18.2 Å². The number of halogens is 3. The zero-order valence-electron chi connectivity index (χ0n) is 17.0. The zero-order valence-corrected chi connectivity index (χ0v) is 17.8. The lowest BCUT2D eigenvalue weighted by Crippen LogP contribution is -2.12. The molecule has 15 heteroatoms. The van der Waals surface area contributed by atoms with E-state index in [4.69, 9.17) is 0 Å². The van der Waals surface area contributed by atoms with Crippen LogP contribution in [0.4, 0.5) is 24.0 Å². The average molecular weight is 501 g/mol. The molecule has 0 saturated carbocycles. The number of carbonyl (C=O) groups excluding carboxylic acids is 1. The number of benzene rings is 2. The van der Waals surface area contributed by atoms with Crippen LogP contribution in [0.2, 0.25) is 0 Å². The molecule has 0 unspecified atom stereocenters. The van der Waals surface area contributed by atoms with Crippen LogP contribution in [0, 0.1) is 10.1 Å². The summed E-state index contributed by atoms with van der Waals surface area (Å²) < 4.78 is 38.1. The summed E-state index contributed by atoms with van der Waals surface area (Å²) in [4.78, 5) is 46.1. The van der Waals surface area contributed by atoms with Crippen molar-refractivity contribution < 1.29 is 22.9 Å². The van der Waals surface area contributed by atoms with Crippen molar-refractivity contribution in [2.45, 2.75) is 6.18 Å². The van der Waals surface area contributed by atoms with Gasteiger partial charge >= 0.3 is 11.9 Å². The number of carbonyl (C=O) groups is 1. The van der Waals surface area contributed by atoms with Gasteiger partial charge in [0.15, 0.2) is 5.69 Å². The predicted octanol–water partition coefficient (Wildman–Crippen LogP) is 4.10. The van der Waals surface area contributed by atoms with E-state index in [0.717, 1.165) is 0 Å². The van der Waals surface area contributed by atoms with Crippen LogP contribution >= 0.6 is 11.3 Å². The number of para-hydroxylation sites is 2. The Labute approximate surface area is 194 Å². The minimum absolute atomic E-state index is 0.000234. The Morgan fingerprint density at radius 1 is 1.09 bits per heavy atom. The van der Waals surface area contributed by atoms with Crippen LogP contribution in [-0.4, -0.2) is 36.0 Å². The number of hydrogen-bond donors (Lipinski definition) is 3. The molecule has 0 fully saturated rings. The van der Waals surface area contributed by atoms with E-state index >= 15 is 0 Å². The number of nitrogens with zero attached hydrogens (tertiary/aromatic N) is 4. The number of H-pyrrole nitrogens is 2. The fourth-order valence-corrected chi connectivity index (χ4v) is 4.04. The van der Waals surface area contributed by atoms with Gasteiger partial charge in [-0.15, -0.1) is 10.2 Å². The first-order chi connectivity index (χ1) is 16.6. The van der Waals surface area contributed by atoms with Gasteiger partial charge in [-0.2, -0.15) is 13.2 Å². The molecule has 0 atom stereocenters. The van der Waals surface area contributed by atoms with Gasteiger partial charge in [-0.25, -0.2) is 4.98 Å². The highest BCUT2D eigenvalue weighted by Crippen LogP contribution is 2.36. The van der Waals surface area contributed by atoms with Gasteiger partial charge in [0, 0.05) is 5.56 Å². The molecule has 176 valence electrons. The highest BCUT2D eigenvalue weighted by atomic mass is 32.1. The van der Waals surface area contributed by atoms with Crippen molar-refractivity contribution in [2.24, 2.45) is 0 Å². The summed E-state index contributed by atoms with van der Waals surface area (Å²) in [5.74, 6) is -0.851. The van der Waals surface area contributed by atoms with Gasteiger partial charge < -0.3 is 9.97 Å². The van der Waals surface area contributed by atoms with Crippen LogP contribution in [0.5, 0.6) is 0 Å². The van der Waals surface area contributed by atoms with Gasteiger partial charge in [-0.1, -0.05) is 23.5 Å². The van der Waals surface area contributed by atoms with Crippen molar-refractivity contribution in [3.8, 4) is 11.4 Å².